The first kappa shape index (κ1) is 16.2. The van der Waals surface area contributed by atoms with Crippen molar-refractivity contribution >= 4 is 11.9 Å². The Morgan fingerprint density at radius 1 is 1.30 bits per heavy atom. The summed E-state index contributed by atoms with van der Waals surface area (Å²) in [5.41, 5.74) is 2.32. The minimum Gasteiger partial charge on any atom is -0.480 e. The van der Waals surface area contributed by atoms with E-state index in [1.165, 1.54) is 5.56 Å². The molecule has 0 aliphatic rings. The van der Waals surface area contributed by atoms with E-state index >= 15 is 0 Å². The average molecular weight is 279 g/mol. The van der Waals surface area contributed by atoms with Crippen LogP contribution >= 0.6 is 0 Å². The maximum atomic E-state index is 11.8. The Hall–Kier alpha value is -1.88. The van der Waals surface area contributed by atoms with E-state index in [0.29, 0.717) is 13.0 Å². The topological polar surface area (TPSA) is 75.6 Å². The second-order valence-corrected chi connectivity index (χ2v) is 4.83. The zero-order chi connectivity index (χ0) is 15.0. The van der Waals surface area contributed by atoms with E-state index in [1.807, 2.05) is 38.1 Å². The van der Waals surface area contributed by atoms with Crippen LogP contribution in [0.5, 0.6) is 0 Å². The molecule has 5 nitrogen and oxygen atoms in total. The van der Waals surface area contributed by atoms with Crippen LogP contribution in [0.25, 0.3) is 0 Å². The number of nitrogens with one attached hydrogen (secondary N) is 1. The van der Waals surface area contributed by atoms with Gasteiger partial charge in [-0.1, -0.05) is 36.8 Å². The van der Waals surface area contributed by atoms with E-state index < -0.39 is 5.97 Å². The summed E-state index contributed by atoms with van der Waals surface area (Å²) < 4.78 is 4.84. The highest BCUT2D eigenvalue weighted by Gasteiger charge is 2.12. The SMILES string of the molecule is Cc1ccc(CC(C)C(=O)NCCOCC(=O)O)cc1. The molecule has 20 heavy (non-hydrogen) atoms. The largest absolute Gasteiger partial charge is 0.480 e. The molecule has 0 fully saturated rings. The van der Waals surface area contributed by atoms with Crippen molar-refractivity contribution in [1.82, 2.24) is 5.32 Å². The minimum atomic E-state index is -1.01. The molecule has 0 aromatic heterocycles. The van der Waals surface area contributed by atoms with Gasteiger partial charge < -0.3 is 15.2 Å². The van der Waals surface area contributed by atoms with Crippen molar-refractivity contribution < 1.29 is 19.4 Å². The summed E-state index contributed by atoms with van der Waals surface area (Å²) >= 11 is 0. The molecule has 110 valence electrons. The molecule has 1 atom stereocenters. The summed E-state index contributed by atoms with van der Waals surface area (Å²) in [6.45, 7) is 4.08. The van der Waals surface area contributed by atoms with E-state index in [1.54, 1.807) is 0 Å². The molecule has 0 aliphatic heterocycles. The van der Waals surface area contributed by atoms with E-state index in [4.69, 9.17) is 9.84 Å². The van der Waals surface area contributed by atoms with Crippen molar-refractivity contribution in [2.45, 2.75) is 20.3 Å². The summed E-state index contributed by atoms with van der Waals surface area (Å²) in [7, 11) is 0. The third-order valence-corrected chi connectivity index (χ3v) is 2.88. The molecule has 1 amide bonds. The van der Waals surface area contributed by atoms with Gasteiger partial charge in [-0.05, 0) is 18.9 Å². The molecule has 0 saturated carbocycles. The lowest BCUT2D eigenvalue weighted by Crippen LogP contribution is -2.33. The summed E-state index contributed by atoms with van der Waals surface area (Å²) in [5, 5.41) is 11.1. The molecule has 0 heterocycles. The van der Waals surface area contributed by atoms with Crippen LogP contribution in [0.1, 0.15) is 18.1 Å². The zero-order valence-corrected chi connectivity index (χ0v) is 11.9. The van der Waals surface area contributed by atoms with Crippen molar-refractivity contribution in [3.05, 3.63) is 35.4 Å². The molecule has 0 bridgehead atoms. The van der Waals surface area contributed by atoms with Crippen LogP contribution in [0.4, 0.5) is 0 Å². The molecule has 1 unspecified atom stereocenters. The molecule has 1 rings (SSSR count). The van der Waals surface area contributed by atoms with Gasteiger partial charge in [0.25, 0.3) is 0 Å². The average Bonchev–Trinajstić information content (AvgIpc) is 2.40. The maximum absolute atomic E-state index is 11.8. The molecule has 0 spiro atoms. The Morgan fingerprint density at radius 3 is 2.55 bits per heavy atom. The molecule has 1 aromatic rings. The van der Waals surface area contributed by atoms with Crippen LogP contribution in [0, 0.1) is 12.8 Å². The second-order valence-electron chi connectivity index (χ2n) is 4.83. The van der Waals surface area contributed by atoms with Crippen molar-refractivity contribution in [2.24, 2.45) is 5.92 Å². The summed E-state index contributed by atoms with van der Waals surface area (Å²) in [6.07, 6.45) is 0.683. The standard InChI is InChI=1S/C15H21NO4/c1-11-3-5-13(6-4-11)9-12(2)15(19)16-7-8-20-10-14(17)18/h3-6,12H,7-10H2,1-2H3,(H,16,19)(H,17,18). The third kappa shape index (κ3) is 6.33. The van der Waals surface area contributed by atoms with Crippen LogP contribution < -0.4 is 5.32 Å². The lowest BCUT2D eigenvalue weighted by Gasteiger charge is -2.12. The number of aliphatic carboxylic acids is 1. The Morgan fingerprint density at radius 2 is 1.95 bits per heavy atom. The van der Waals surface area contributed by atoms with Gasteiger partial charge >= 0.3 is 5.97 Å². The van der Waals surface area contributed by atoms with Gasteiger partial charge in [0.1, 0.15) is 6.61 Å². The van der Waals surface area contributed by atoms with Crippen LogP contribution in [-0.4, -0.2) is 36.7 Å². The van der Waals surface area contributed by atoms with Crippen molar-refractivity contribution in [2.75, 3.05) is 19.8 Å². The summed E-state index contributed by atoms with van der Waals surface area (Å²) in [4.78, 5) is 22.0. The quantitative estimate of drug-likeness (QED) is 0.705. The van der Waals surface area contributed by atoms with Crippen LogP contribution in [0.15, 0.2) is 24.3 Å². The van der Waals surface area contributed by atoms with Crippen molar-refractivity contribution in [3.8, 4) is 0 Å². The van der Waals surface area contributed by atoms with E-state index in [9.17, 15) is 9.59 Å². The van der Waals surface area contributed by atoms with Gasteiger partial charge in [0.15, 0.2) is 0 Å². The number of hydrogen-bond donors (Lipinski definition) is 2. The molecule has 0 aliphatic carbocycles. The van der Waals surface area contributed by atoms with E-state index in [0.717, 1.165) is 5.56 Å². The monoisotopic (exact) mass is 279 g/mol. The first-order valence-electron chi connectivity index (χ1n) is 6.62. The fraction of sp³-hybridized carbons (Fsp3) is 0.467. The number of aryl methyl sites for hydroxylation is 1. The van der Waals surface area contributed by atoms with Gasteiger partial charge in [0.2, 0.25) is 5.91 Å². The highest BCUT2D eigenvalue weighted by Crippen LogP contribution is 2.09. The predicted molar refractivity (Wildman–Crippen MR) is 75.5 cm³/mol. The molecular weight excluding hydrogens is 258 g/mol. The van der Waals surface area contributed by atoms with Gasteiger partial charge in [-0.2, -0.15) is 0 Å². The highest BCUT2D eigenvalue weighted by molar-refractivity contribution is 5.78. The van der Waals surface area contributed by atoms with Gasteiger partial charge in [-0.15, -0.1) is 0 Å². The molecule has 0 radical (unpaired) electrons. The lowest BCUT2D eigenvalue weighted by atomic mass is 9.99. The number of carbonyl (C=O) groups is 2. The predicted octanol–water partition coefficient (Wildman–Crippen LogP) is 1.39. The normalized spacial score (nSPS) is 11.9. The number of benzene rings is 1. The highest BCUT2D eigenvalue weighted by atomic mass is 16.5. The van der Waals surface area contributed by atoms with Gasteiger partial charge in [0, 0.05) is 12.5 Å². The Balaban J connectivity index is 2.25. The zero-order valence-electron chi connectivity index (χ0n) is 11.9. The second kappa shape index (κ2) is 8.32. The van der Waals surface area contributed by atoms with Gasteiger partial charge in [-0.25, -0.2) is 4.79 Å². The molecule has 5 heteroatoms. The minimum absolute atomic E-state index is 0.0514. The first-order valence-corrected chi connectivity index (χ1v) is 6.62. The van der Waals surface area contributed by atoms with Crippen molar-refractivity contribution in [3.63, 3.8) is 0 Å². The molecule has 0 saturated heterocycles. The van der Waals surface area contributed by atoms with Crippen molar-refractivity contribution in [1.29, 1.82) is 0 Å². The van der Waals surface area contributed by atoms with E-state index in [2.05, 4.69) is 5.32 Å². The molecule has 2 N–H and O–H groups in total. The number of hydrogen-bond acceptors (Lipinski definition) is 3. The number of carbonyl (C=O) groups excluding carboxylic acids is 1. The third-order valence-electron chi connectivity index (χ3n) is 2.88. The maximum Gasteiger partial charge on any atom is 0.329 e. The fourth-order valence-corrected chi connectivity index (χ4v) is 1.75. The first-order chi connectivity index (χ1) is 9.49. The fourth-order valence-electron chi connectivity index (χ4n) is 1.75. The van der Waals surface area contributed by atoms with Crippen LogP contribution in [-0.2, 0) is 20.7 Å². The number of ether oxygens (including phenoxy) is 1. The number of rotatable bonds is 8. The molecule has 1 aromatic carbocycles. The Bertz CT molecular complexity index is 442. The van der Waals surface area contributed by atoms with Crippen LogP contribution in [0.3, 0.4) is 0 Å². The van der Waals surface area contributed by atoms with Crippen LogP contribution in [0.2, 0.25) is 0 Å². The summed E-state index contributed by atoms with van der Waals surface area (Å²) in [6, 6.07) is 8.10. The Kier molecular flexibility index (Phi) is 6.73. The summed E-state index contributed by atoms with van der Waals surface area (Å²) in [5.74, 6) is -1.19. The lowest BCUT2D eigenvalue weighted by molar-refractivity contribution is -0.142. The Labute approximate surface area is 118 Å². The molecular formula is C15H21NO4. The number of carboxylic acid groups (broad SMARTS) is 1. The smallest absolute Gasteiger partial charge is 0.329 e. The number of carboxylic acids is 1. The van der Waals surface area contributed by atoms with Gasteiger partial charge in [-0.3, -0.25) is 4.79 Å². The van der Waals surface area contributed by atoms with Gasteiger partial charge in [0.05, 0.1) is 6.61 Å². The van der Waals surface area contributed by atoms with E-state index in [-0.39, 0.29) is 25.0 Å². The number of amides is 1.